The predicted octanol–water partition coefficient (Wildman–Crippen LogP) is 3.25. The number of methoxy groups -OCH3 is 2. The maximum Gasteiger partial charge on any atom is 0.324 e. The van der Waals surface area contributed by atoms with E-state index in [-0.39, 0.29) is 18.6 Å². The number of hydrogen-bond donors (Lipinski definition) is 0. The lowest BCUT2D eigenvalue weighted by Crippen LogP contribution is -2.53. The SMILES string of the molecule is COC(=O)C1(C(=O)OC)[C@H](c2ccccc2)CC(=O)C[C@H]1c1ccccc1. The lowest BCUT2D eigenvalue weighted by molar-refractivity contribution is -0.175. The first-order chi connectivity index (χ1) is 13.1. The minimum Gasteiger partial charge on any atom is -0.468 e. The molecule has 3 rings (SSSR count). The molecule has 1 saturated carbocycles. The average molecular weight is 366 g/mol. The van der Waals surface area contributed by atoms with Crippen LogP contribution in [0.3, 0.4) is 0 Å². The van der Waals surface area contributed by atoms with Crippen LogP contribution in [0.1, 0.15) is 35.8 Å². The van der Waals surface area contributed by atoms with Crippen LogP contribution in [0.15, 0.2) is 60.7 Å². The highest BCUT2D eigenvalue weighted by Crippen LogP contribution is 2.55. The van der Waals surface area contributed by atoms with Crippen molar-refractivity contribution in [2.75, 3.05) is 14.2 Å². The summed E-state index contributed by atoms with van der Waals surface area (Å²) in [6, 6.07) is 18.3. The van der Waals surface area contributed by atoms with Gasteiger partial charge in [-0.2, -0.15) is 0 Å². The Morgan fingerprint density at radius 1 is 0.778 bits per heavy atom. The van der Waals surface area contributed by atoms with Crippen molar-refractivity contribution in [3.05, 3.63) is 71.8 Å². The number of carbonyl (C=O) groups is 3. The van der Waals surface area contributed by atoms with Gasteiger partial charge in [-0.25, -0.2) is 0 Å². The normalized spacial score (nSPS) is 21.3. The van der Waals surface area contributed by atoms with Crippen LogP contribution in [0.5, 0.6) is 0 Å². The minimum absolute atomic E-state index is 0.00105. The Morgan fingerprint density at radius 2 is 1.15 bits per heavy atom. The van der Waals surface area contributed by atoms with Crippen molar-refractivity contribution >= 4 is 17.7 Å². The van der Waals surface area contributed by atoms with E-state index < -0.39 is 29.2 Å². The van der Waals surface area contributed by atoms with Crippen LogP contribution >= 0.6 is 0 Å². The summed E-state index contributed by atoms with van der Waals surface area (Å²) in [5.41, 5.74) is -0.148. The second-order valence-corrected chi connectivity index (χ2v) is 6.73. The van der Waals surface area contributed by atoms with Crippen LogP contribution in [0.2, 0.25) is 0 Å². The highest BCUT2D eigenvalue weighted by Gasteiger charge is 2.63. The van der Waals surface area contributed by atoms with Crippen LogP contribution in [-0.4, -0.2) is 31.9 Å². The van der Waals surface area contributed by atoms with Crippen LogP contribution in [0, 0.1) is 5.41 Å². The maximum atomic E-state index is 13.1. The Bertz CT molecular complexity index is 759. The van der Waals surface area contributed by atoms with E-state index in [1.54, 1.807) is 0 Å². The van der Waals surface area contributed by atoms with Crippen LogP contribution in [0.4, 0.5) is 0 Å². The molecular formula is C22H22O5. The third-order valence-corrected chi connectivity index (χ3v) is 5.41. The highest BCUT2D eigenvalue weighted by molar-refractivity contribution is 6.05. The monoisotopic (exact) mass is 366 g/mol. The van der Waals surface area contributed by atoms with Gasteiger partial charge in [-0.05, 0) is 11.1 Å². The number of rotatable bonds is 4. The molecule has 2 aromatic rings. The first-order valence-electron chi connectivity index (χ1n) is 8.84. The van der Waals surface area contributed by atoms with Gasteiger partial charge in [-0.15, -0.1) is 0 Å². The van der Waals surface area contributed by atoms with E-state index >= 15 is 0 Å². The number of esters is 2. The fourth-order valence-electron chi connectivity index (χ4n) is 4.23. The van der Waals surface area contributed by atoms with Gasteiger partial charge in [0.1, 0.15) is 5.78 Å². The second kappa shape index (κ2) is 7.74. The fraction of sp³-hybridized carbons (Fsp3) is 0.318. The van der Waals surface area contributed by atoms with Gasteiger partial charge in [0.15, 0.2) is 5.41 Å². The summed E-state index contributed by atoms with van der Waals surface area (Å²) >= 11 is 0. The summed E-state index contributed by atoms with van der Waals surface area (Å²) in [6.45, 7) is 0. The van der Waals surface area contributed by atoms with Crippen molar-refractivity contribution < 1.29 is 23.9 Å². The van der Waals surface area contributed by atoms with E-state index in [1.807, 2.05) is 60.7 Å². The van der Waals surface area contributed by atoms with Gasteiger partial charge in [0.25, 0.3) is 0 Å². The number of Topliss-reactive ketones (excluding diaryl/α,β-unsaturated/α-hetero) is 1. The van der Waals surface area contributed by atoms with E-state index in [2.05, 4.69) is 0 Å². The summed E-state index contributed by atoms with van der Waals surface area (Å²) in [4.78, 5) is 38.9. The highest BCUT2D eigenvalue weighted by atomic mass is 16.5. The molecule has 2 aromatic carbocycles. The maximum absolute atomic E-state index is 13.1. The molecule has 0 unspecified atom stereocenters. The van der Waals surface area contributed by atoms with Gasteiger partial charge in [0, 0.05) is 24.7 Å². The second-order valence-electron chi connectivity index (χ2n) is 6.73. The molecule has 2 atom stereocenters. The molecule has 140 valence electrons. The molecule has 5 nitrogen and oxygen atoms in total. The lowest BCUT2D eigenvalue weighted by atomic mass is 9.56. The van der Waals surface area contributed by atoms with Crippen molar-refractivity contribution in [3.63, 3.8) is 0 Å². The topological polar surface area (TPSA) is 69.7 Å². The van der Waals surface area contributed by atoms with Gasteiger partial charge in [-0.3, -0.25) is 14.4 Å². The number of hydrogen-bond acceptors (Lipinski definition) is 5. The molecule has 5 heteroatoms. The summed E-state index contributed by atoms with van der Waals surface area (Å²) in [6.07, 6.45) is 0.162. The third kappa shape index (κ3) is 3.14. The number of ketones is 1. The predicted molar refractivity (Wildman–Crippen MR) is 99.1 cm³/mol. The van der Waals surface area contributed by atoms with Gasteiger partial charge >= 0.3 is 11.9 Å². The Morgan fingerprint density at radius 3 is 1.48 bits per heavy atom. The van der Waals surface area contributed by atoms with E-state index in [0.29, 0.717) is 0 Å². The molecule has 0 spiro atoms. The van der Waals surface area contributed by atoms with Gasteiger partial charge in [-0.1, -0.05) is 60.7 Å². The quantitative estimate of drug-likeness (QED) is 0.614. The van der Waals surface area contributed by atoms with Crippen LogP contribution in [-0.2, 0) is 23.9 Å². The molecule has 0 aromatic heterocycles. The molecule has 0 amide bonds. The molecule has 0 radical (unpaired) electrons. The Hall–Kier alpha value is -2.95. The Balaban J connectivity index is 2.28. The lowest BCUT2D eigenvalue weighted by Gasteiger charge is -2.44. The first-order valence-corrected chi connectivity index (χ1v) is 8.84. The van der Waals surface area contributed by atoms with Crippen LogP contribution < -0.4 is 0 Å². The summed E-state index contributed by atoms with van der Waals surface area (Å²) < 4.78 is 10.2. The molecule has 0 saturated heterocycles. The molecule has 1 aliphatic carbocycles. The molecule has 27 heavy (non-hydrogen) atoms. The Labute approximate surface area is 158 Å². The van der Waals surface area contributed by atoms with Gasteiger partial charge in [0.2, 0.25) is 0 Å². The smallest absolute Gasteiger partial charge is 0.324 e. The van der Waals surface area contributed by atoms with Crippen molar-refractivity contribution in [1.82, 2.24) is 0 Å². The van der Waals surface area contributed by atoms with E-state index in [1.165, 1.54) is 14.2 Å². The molecule has 0 aliphatic heterocycles. The molecule has 0 heterocycles. The molecule has 1 aliphatic rings. The van der Waals surface area contributed by atoms with Gasteiger partial charge < -0.3 is 9.47 Å². The molecule has 0 N–H and O–H groups in total. The van der Waals surface area contributed by atoms with Crippen molar-refractivity contribution in [2.24, 2.45) is 5.41 Å². The summed E-state index contributed by atoms with van der Waals surface area (Å²) in [7, 11) is 2.51. The minimum atomic E-state index is -1.62. The molecule has 1 fully saturated rings. The Kier molecular flexibility index (Phi) is 5.40. The van der Waals surface area contributed by atoms with Crippen molar-refractivity contribution in [2.45, 2.75) is 24.7 Å². The fourth-order valence-corrected chi connectivity index (χ4v) is 4.23. The van der Waals surface area contributed by atoms with Crippen LogP contribution in [0.25, 0.3) is 0 Å². The number of carbonyl (C=O) groups excluding carboxylic acids is 3. The standard InChI is InChI=1S/C22H22O5/c1-26-20(24)22(21(25)27-2)18(15-9-5-3-6-10-15)13-17(23)14-19(22)16-11-7-4-8-12-16/h3-12,18-19H,13-14H2,1-2H3/t18-,19-/m0/s1. The first kappa shape index (κ1) is 18.8. The van der Waals surface area contributed by atoms with Gasteiger partial charge in [0.05, 0.1) is 14.2 Å². The van der Waals surface area contributed by atoms with E-state index in [0.717, 1.165) is 11.1 Å². The third-order valence-electron chi connectivity index (χ3n) is 5.41. The van der Waals surface area contributed by atoms with Crippen molar-refractivity contribution in [3.8, 4) is 0 Å². The number of benzene rings is 2. The zero-order valence-electron chi connectivity index (χ0n) is 15.4. The summed E-state index contributed by atoms with van der Waals surface area (Å²) in [5.74, 6) is -2.68. The van der Waals surface area contributed by atoms with E-state index in [9.17, 15) is 14.4 Å². The summed E-state index contributed by atoms with van der Waals surface area (Å²) in [5, 5.41) is 0. The molecular weight excluding hydrogens is 344 g/mol. The largest absolute Gasteiger partial charge is 0.468 e. The zero-order chi connectivity index (χ0) is 19.4. The number of ether oxygens (including phenoxy) is 2. The average Bonchev–Trinajstić information content (AvgIpc) is 2.73. The van der Waals surface area contributed by atoms with Crippen molar-refractivity contribution in [1.29, 1.82) is 0 Å². The van der Waals surface area contributed by atoms with E-state index in [4.69, 9.17) is 9.47 Å². The zero-order valence-corrected chi connectivity index (χ0v) is 15.4. The molecule has 0 bridgehead atoms.